The van der Waals surface area contributed by atoms with Gasteiger partial charge in [0.25, 0.3) is 0 Å². The molecule has 1 aromatic carbocycles. The molecule has 1 atom stereocenters. The van der Waals surface area contributed by atoms with Crippen molar-refractivity contribution < 1.29 is 27.1 Å². The van der Waals surface area contributed by atoms with Crippen LogP contribution in [0.2, 0.25) is 0 Å². The second-order valence-corrected chi connectivity index (χ2v) is 4.30. The number of halogens is 4. The van der Waals surface area contributed by atoms with Crippen molar-refractivity contribution in [2.24, 2.45) is 5.92 Å². The number of benzene rings is 1. The topological polar surface area (TPSA) is 26.3 Å². The Morgan fingerprint density at radius 1 is 1.37 bits per heavy atom. The SMILES string of the molecule is CCC(C)COC(=O)c1ccc(F)cc1C(F)(F)F. The Bertz CT molecular complexity index is 454. The van der Waals surface area contributed by atoms with E-state index in [9.17, 15) is 22.4 Å². The summed E-state index contributed by atoms with van der Waals surface area (Å²) in [5.74, 6) is -2.09. The number of hydrogen-bond acceptors (Lipinski definition) is 2. The zero-order chi connectivity index (χ0) is 14.6. The van der Waals surface area contributed by atoms with Crippen LogP contribution in [0.3, 0.4) is 0 Å². The van der Waals surface area contributed by atoms with Crippen LogP contribution in [-0.2, 0) is 10.9 Å². The van der Waals surface area contributed by atoms with E-state index in [2.05, 4.69) is 0 Å². The Morgan fingerprint density at radius 3 is 2.53 bits per heavy atom. The first-order chi connectivity index (χ1) is 8.75. The highest BCUT2D eigenvalue weighted by molar-refractivity contribution is 5.91. The van der Waals surface area contributed by atoms with Crippen LogP contribution in [0.1, 0.15) is 36.2 Å². The lowest BCUT2D eigenvalue weighted by molar-refractivity contribution is -0.138. The van der Waals surface area contributed by atoms with Crippen molar-refractivity contribution in [1.29, 1.82) is 0 Å². The molecule has 106 valence electrons. The van der Waals surface area contributed by atoms with Gasteiger partial charge in [-0.15, -0.1) is 0 Å². The highest BCUT2D eigenvalue weighted by Crippen LogP contribution is 2.32. The molecule has 2 nitrogen and oxygen atoms in total. The number of rotatable bonds is 4. The normalized spacial score (nSPS) is 13.2. The van der Waals surface area contributed by atoms with E-state index in [-0.39, 0.29) is 12.5 Å². The first-order valence-corrected chi connectivity index (χ1v) is 5.79. The van der Waals surface area contributed by atoms with Crippen LogP contribution in [-0.4, -0.2) is 12.6 Å². The van der Waals surface area contributed by atoms with Gasteiger partial charge in [-0.05, 0) is 24.1 Å². The molecule has 0 spiro atoms. The van der Waals surface area contributed by atoms with E-state index >= 15 is 0 Å². The van der Waals surface area contributed by atoms with Crippen LogP contribution >= 0.6 is 0 Å². The van der Waals surface area contributed by atoms with E-state index in [4.69, 9.17) is 4.74 Å². The maximum atomic E-state index is 12.9. The van der Waals surface area contributed by atoms with Crippen LogP contribution in [0.15, 0.2) is 18.2 Å². The minimum absolute atomic E-state index is 0.0318. The lowest BCUT2D eigenvalue weighted by Crippen LogP contribution is -2.17. The third-order valence-corrected chi connectivity index (χ3v) is 2.70. The highest BCUT2D eigenvalue weighted by Gasteiger charge is 2.36. The number of ether oxygens (including phenoxy) is 1. The zero-order valence-corrected chi connectivity index (χ0v) is 10.6. The molecular formula is C13H14F4O2. The Morgan fingerprint density at radius 2 is 2.00 bits per heavy atom. The lowest BCUT2D eigenvalue weighted by atomic mass is 10.1. The van der Waals surface area contributed by atoms with Crippen LogP contribution in [0.5, 0.6) is 0 Å². The molecule has 0 aromatic heterocycles. The summed E-state index contributed by atoms with van der Waals surface area (Å²) in [4.78, 5) is 11.6. The van der Waals surface area contributed by atoms with Crippen molar-refractivity contribution in [2.45, 2.75) is 26.4 Å². The molecule has 0 aliphatic heterocycles. The predicted molar refractivity (Wildman–Crippen MR) is 61.1 cm³/mol. The van der Waals surface area contributed by atoms with E-state index in [1.165, 1.54) is 0 Å². The number of esters is 1. The summed E-state index contributed by atoms with van der Waals surface area (Å²) in [6, 6.07) is 1.88. The van der Waals surface area contributed by atoms with E-state index < -0.39 is 29.1 Å². The average molecular weight is 278 g/mol. The second kappa shape index (κ2) is 6.04. The van der Waals surface area contributed by atoms with Crippen molar-refractivity contribution in [3.05, 3.63) is 35.1 Å². The zero-order valence-electron chi connectivity index (χ0n) is 10.6. The van der Waals surface area contributed by atoms with Gasteiger partial charge < -0.3 is 4.74 Å². The molecule has 1 rings (SSSR count). The minimum atomic E-state index is -4.80. The average Bonchev–Trinajstić information content (AvgIpc) is 2.34. The number of alkyl halides is 3. The molecular weight excluding hydrogens is 264 g/mol. The Kier molecular flexibility index (Phi) is 4.91. The van der Waals surface area contributed by atoms with Gasteiger partial charge in [-0.25, -0.2) is 9.18 Å². The lowest BCUT2D eigenvalue weighted by Gasteiger charge is -2.14. The van der Waals surface area contributed by atoms with Gasteiger partial charge in [-0.3, -0.25) is 0 Å². The van der Waals surface area contributed by atoms with E-state index in [0.717, 1.165) is 18.6 Å². The summed E-state index contributed by atoms with van der Waals surface area (Å²) in [5, 5.41) is 0. The van der Waals surface area contributed by atoms with Crippen LogP contribution < -0.4 is 0 Å². The fourth-order valence-electron chi connectivity index (χ4n) is 1.34. The third kappa shape index (κ3) is 4.22. The quantitative estimate of drug-likeness (QED) is 0.613. The van der Waals surface area contributed by atoms with Crippen molar-refractivity contribution >= 4 is 5.97 Å². The first-order valence-electron chi connectivity index (χ1n) is 5.79. The van der Waals surface area contributed by atoms with Gasteiger partial charge >= 0.3 is 12.1 Å². The minimum Gasteiger partial charge on any atom is -0.462 e. The summed E-state index contributed by atoms with van der Waals surface area (Å²) in [6.07, 6.45) is -4.06. The fraction of sp³-hybridized carbons (Fsp3) is 0.462. The molecule has 0 aliphatic carbocycles. The molecule has 0 fully saturated rings. The third-order valence-electron chi connectivity index (χ3n) is 2.70. The van der Waals surface area contributed by atoms with Gasteiger partial charge in [-0.1, -0.05) is 20.3 Å². The molecule has 0 bridgehead atoms. The largest absolute Gasteiger partial charge is 0.462 e. The summed E-state index contributed by atoms with van der Waals surface area (Å²) in [5.41, 5.74) is -1.99. The Hall–Kier alpha value is -1.59. The van der Waals surface area contributed by atoms with Crippen molar-refractivity contribution in [1.82, 2.24) is 0 Å². The molecule has 0 amide bonds. The Labute approximate surface area is 108 Å². The second-order valence-electron chi connectivity index (χ2n) is 4.30. The Balaban J connectivity index is 2.97. The summed E-state index contributed by atoms with van der Waals surface area (Å²) in [6.45, 7) is 3.71. The molecule has 0 radical (unpaired) electrons. The van der Waals surface area contributed by atoms with Crippen molar-refractivity contribution in [3.8, 4) is 0 Å². The van der Waals surface area contributed by atoms with Crippen LogP contribution in [0.25, 0.3) is 0 Å². The highest BCUT2D eigenvalue weighted by atomic mass is 19.4. The van der Waals surface area contributed by atoms with Gasteiger partial charge in [0, 0.05) is 0 Å². The molecule has 19 heavy (non-hydrogen) atoms. The molecule has 0 aliphatic rings. The number of carbonyl (C=O) groups is 1. The van der Waals surface area contributed by atoms with Gasteiger partial charge in [0.05, 0.1) is 17.7 Å². The standard InChI is InChI=1S/C13H14F4O2/c1-3-8(2)7-19-12(18)10-5-4-9(14)6-11(10)13(15,16)17/h4-6,8H,3,7H2,1-2H3. The molecule has 0 saturated carbocycles. The van der Waals surface area contributed by atoms with Crippen molar-refractivity contribution in [3.63, 3.8) is 0 Å². The maximum Gasteiger partial charge on any atom is 0.417 e. The molecule has 1 unspecified atom stereocenters. The summed E-state index contributed by atoms with van der Waals surface area (Å²) < 4.78 is 55.7. The van der Waals surface area contributed by atoms with Gasteiger partial charge in [-0.2, -0.15) is 13.2 Å². The van der Waals surface area contributed by atoms with Crippen LogP contribution in [0, 0.1) is 11.7 Å². The molecule has 0 heterocycles. The van der Waals surface area contributed by atoms with Crippen molar-refractivity contribution in [2.75, 3.05) is 6.61 Å². The molecule has 0 saturated heterocycles. The van der Waals surface area contributed by atoms with Gasteiger partial charge in [0.15, 0.2) is 0 Å². The molecule has 0 N–H and O–H groups in total. The summed E-state index contributed by atoms with van der Waals surface area (Å²) >= 11 is 0. The first kappa shape index (κ1) is 15.5. The van der Waals surface area contributed by atoms with Crippen LogP contribution in [0.4, 0.5) is 17.6 Å². The van der Waals surface area contributed by atoms with E-state index in [0.29, 0.717) is 6.07 Å². The smallest absolute Gasteiger partial charge is 0.417 e. The molecule has 6 heteroatoms. The fourth-order valence-corrected chi connectivity index (χ4v) is 1.34. The van der Waals surface area contributed by atoms with E-state index in [1.807, 2.05) is 13.8 Å². The van der Waals surface area contributed by atoms with E-state index in [1.54, 1.807) is 0 Å². The van der Waals surface area contributed by atoms with Gasteiger partial charge in [0.1, 0.15) is 5.82 Å². The van der Waals surface area contributed by atoms with Gasteiger partial charge in [0.2, 0.25) is 0 Å². The predicted octanol–water partition coefficient (Wildman–Crippen LogP) is 4.05. The molecule has 1 aromatic rings. The number of carbonyl (C=O) groups excluding carboxylic acids is 1. The summed E-state index contributed by atoms with van der Waals surface area (Å²) in [7, 11) is 0. The number of hydrogen-bond donors (Lipinski definition) is 0. The maximum absolute atomic E-state index is 12.9. The monoisotopic (exact) mass is 278 g/mol.